The fraction of sp³-hybridized carbons (Fsp3) is 0.0385. The number of non-ortho nitro benzene ring substituents is 1. The largest absolute Gasteiger partial charge is 0.476 e. The third kappa shape index (κ3) is 6.63. The van der Waals surface area contributed by atoms with Crippen molar-refractivity contribution in [1.29, 1.82) is 0 Å². The summed E-state index contributed by atoms with van der Waals surface area (Å²) >= 11 is 5.74. The highest BCUT2D eigenvalue weighted by Gasteiger charge is 2.35. The second kappa shape index (κ2) is 11.3. The van der Waals surface area contributed by atoms with Crippen LogP contribution in [0.5, 0.6) is 11.5 Å². The predicted octanol–water partition coefficient (Wildman–Crippen LogP) is 6.74. The lowest BCUT2D eigenvalue weighted by Gasteiger charge is -2.10. The normalized spacial score (nSPS) is 11.0. The average Bonchev–Trinajstić information content (AvgIpc) is 3.34. The number of carbonyl (C=O) groups is 1. The highest BCUT2D eigenvalue weighted by atomic mass is 35.5. The predicted molar refractivity (Wildman–Crippen MR) is 139 cm³/mol. The van der Waals surface area contributed by atoms with Crippen LogP contribution in [0, 0.1) is 10.1 Å². The topological polar surface area (TPSA) is 146 Å². The molecule has 0 aliphatic heterocycles. The highest BCUT2D eigenvalue weighted by molar-refractivity contribution is 6.30. The van der Waals surface area contributed by atoms with Crippen molar-refractivity contribution in [1.82, 2.24) is 14.6 Å². The minimum absolute atomic E-state index is 0.0947. The number of benzene rings is 3. The number of hydrogen-bond donors (Lipinski definition) is 2. The Hall–Kier alpha value is -5.17. The van der Waals surface area contributed by atoms with Gasteiger partial charge >= 0.3 is 12.1 Å². The number of nitro groups is 1. The molecule has 0 aliphatic carbocycles. The lowest BCUT2D eigenvalue weighted by Crippen LogP contribution is -2.14. The summed E-state index contributed by atoms with van der Waals surface area (Å²) in [5.74, 6) is -0.580. The summed E-state index contributed by atoms with van der Waals surface area (Å²) in [7, 11) is 0. The van der Waals surface area contributed by atoms with Crippen LogP contribution in [0.4, 0.5) is 24.5 Å². The van der Waals surface area contributed by atoms with Crippen LogP contribution in [-0.4, -0.2) is 30.6 Å². The number of nitro benzene ring substituents is 1. The fourth-order valence-electron chi connectivity index (χ4n) is 3.45. The molecule has 10 nitrogen and oxygen atoms in total. The van der Waals surface area contributed by atoms with E-state index in [0.717, 1.165) is 12.1 Å². The Balaban J connectivity index is 0.000000189. The van der Waals surface area contributed by atoms with Crippen molar-refractivity contribution in [3.05, 3.63) is 111 Å². The number of rotatable bonds is 5. The van der Waals surface area contributed by atoms with Crippen LogP contribution in [0.3, 0.4) is 0 Å². The molecular formula is C26H17ClF3N5O5. The van der Waals surface area contributed by atoms with Crippen LogP contribution in [-0.2, 0) is 6.18 Å². The first-order valence-corrected chi connectivity index (χ1v) is 11.5. The van der Waals surface area contributed by atoms with E-state index in [0.29, 0.717) is 26.6 Å². The molecule has 0 bridgehead atoms. The number of nitrogen functional groups attached to an aromatic ring is 1. The lowest BCUT2D eigenvalue weighted by atomic mass is 10.1. The van der Waals surface area contributed by atoms with E-state index >= 15 is 0 Å². The average molecular weight is 572 g/mol. The molecule has 2 aromatic heterocycles. The van der Waals surface area contributed by atoms with Crippen molar-refractivity contribution >= 4 is 34.6 Å². The summed E-state index contributed by atoms with van der Waals surface area (Å²) in [5, 5.41) is 23.6. The molecule has 0 saturated heterocycles. The minimum Gasteiger partial charge on any atom is -0.476 e. The number of hydrogen-bond acceptors (Lipinski definition) is 7. The number of aromatic nitrogens is 3. The Kier molecular flexibility index (Phi) is 7.86. The van der Waals surface area contributed by atoms with E-state index in [2.05, 4.69) is 10.1 Å². The van der Waals surface area contributed by atoms with E-state index in [1.807, 2.05) is 0 Å². The lowest BCUT2D eigenvalue weighted by molar-refractivity contribution is -0.384. The van der Waals surface area contributed by atoms with E-state index in [-0.39, 0.29) is 22.7 Å². The molecule has 40 heavy (non-hydrogen) atoms. The Morgan fingerprint density at radius 1 is 1.00 bits per heavy atom. The number of nitrogens with two attached hydrogens (primary N) is 1. The molecule has 0 saturated carbocycles. The maximum atomic E-state index is 13.2. The number of alkyl halides is 3. The second-order valence-electron chi connectivity index (χ2n) is 8.07. The molecule has 0 spiro atoms. The first-order valence-electron chi connectivity index (χ1n) is 11.2. The maximum Gasteiger partial charge on any atom is 0.433 e. The molecule has 0 fully saturated rings. The van der Waals surface area contributed by atoms with Crippen LogP contribution in [0.25, 0.3) is 16.9 Å². The highest BCUT2D eigenvalue weighted by Crippen LogP contribution is 2.32. The third-order valence-corrected chi connectivity index (χ3v) is 5.43. The summed E-state index contributed by atoms with van der Waals surface area (Å²) in [6.07, 6.45) is -4.69. The van der Waals surface area contributed by atoms with E-state index in [1.54, 1.807) is 54.6 Å². The summed E-state index contributed by atoms with van der Waals surface area (Å²) in [5.41, 5.74) is 4.57. The SMILES string of the molecule is Nc1cc(Oc2ccc(Cl)cc2)cc([N+](=O)[O-])c1.O=C(O)c1cc2nc(-c3ccccc3)cc(C(F)(F)F)n2n1. The van der Waals surface area contributed by atoms with Crippen molar-refractivity contribution in [3.63, 3.8) is 0 Å². The van der Waals surface area contributed by atoms with Crippen LogP contribution in [0.15, 0.2) is 84.9 Å². The van der Waals surface area contributed by atoms with Gasteiger partial charge in [-0.05, 0) is 30.3 Å². The van der Waals surface area contributed by atoms with Crippen LogP contribution >= 0.6 is 11.6 Å². The number of carboxylic acid groups (broad SMARTS) is 1. The van der Waals surface area contributed by atoms with Gasteiger partial charge in [-0.3, -0.25) is 10.1 Å². The molecule has 0 unspecified atom stereocenters. The molecule has 0 aliphatic rings. The number of aromatic carboxylic acids is 1. The molecule has 2 heterocycles. The van der Waals surface area contributed by atoms with Gasteiger partial charge in [0, 0.05) is 34.5 Å². The van der Waals surface area contributed by atoms with Crippen LogP contribution in [0.1, 0.15) is 16.2 Å². The number of nitrogens with zero attached hydrogens (tertiary/aromatic N) is 4. The van der Waals surface area contributed by atoms with Gasteiger partial charge in [0.25, 0.3) is 5.69 Å². The van der Waals surface area contributed by atoms with Gasteiger partial charge in [-0.15, -0.1) is 0 Å². The Bertz CT molecular complexity index is 1690. The Labute approximate surface area is 228 Å². The standard InChI is InChI=1S/C14H8F3N3O2.C12H9ClN2O3/c15-14(16,17)11-6-9(8-4-2-1-3-5-8)18-12-7-10(13(21)22)19-20(11)12;13-8-1-3-11(4-2-8)18-12-6-9(14)5-10(7-12)15(16)17/h1-7H,(H,21,22);1-7H,14H2. The summed E-state index contributed by atoms with van der Waals surface area (Å²) in [4.78, 5) is 25.1. The maximum absolute atomic E-state index is 13.2. The van der Waals surface area contributed by atoms with Gasteiger partial charge in [-0.2, -0.15) is 18.3 Å². The van der Waals surface area contributed by atoms with Crippen molar-refractivity contribution in [2.75, 3.05) is 5.73 Å². The van der Waals surface area contributed by atoms with Gasteiger partial charge in [-0.1, -0.05) is 41.9 Å². The number of fused-ring (bicyclic) bond motifs is 1. The number of carboxylic acids is 1. The van der Waals surface area contributed by atoms with E-state index in [4.69, 9.17) is 27.2 Å². The van der Waals surface area contributed by atoms with Crippen molar-refractivity contribution in [2.45, 2.75) is 6.18 Å². The Morgan fingerprint density at radius 2 is 1.68 bits per heavy atom. The quantitative estimate of drug-likeness (QED) is 0.134. The zero-order valence-electron chi connectivity index (χ0n) is 20.0. The minimum atomic E-state index is -4.69. The van der Waals surface area contributed by atoms with Crippen LogP contribution < -0.4 is 10.5 Å². The molecule has 5 rings (SSSR count). The summed E-state index contributed by atoms with van der Waals surface area (Å²) in [6, 6.07) is 20.9. The summed E-state index contributed by atoms with van der Waals surface area (Å²) < 4.78 is 45.5. The number of halogens is 4. The molecule has 204 valence electrons. The van der Waals surface area contributed by atoms with E-state index in [9.17, 15) is 28.1 Å². The van der Waals surface area contributed by atoms with Crippen molar-refractivity contribution in [3.8, 4) is 22.8 Å². The zero-order chi connectivity index (χ0) is 29.0. The van der Waals surface area contributed by atoms with Gasteiger partial charge in [0.05, 0.1) is 16.7 Å². The van der Waals surface area contributed by atoms with E-state index < -0.39 is 28.5 Å². The van der Waals surface area contributed by atoms with Crippen LogP contribution in [0.2, 0.25) is 5.02 Å². The van der Waals surface area contributed by atoms with Gasteiger partial charge in [-0.25, -0.2) is 14.3 Å². The number of anilines is 1. The molecule has 0 atom stereocenters. The Morgan fingerprint density at radius 3 is 2.27 bits per heavy atom. The first-order chi connectivity index (χ1) is 18.9. The van der Waals surface area contributed by atoms with Gasteiger partial charge in [0.15, 0.2) is 17.0 Å². The molecular weight excluding hydrogens is 555 g/mol. The number of ether oxygens (including phenoxy) is 1. The van der Waals surface area contributed by atoms with Crippen molar-refractivity contribution < 1.29 is 32.7 Å². The molecule has 0 amide bonds. The molecule has 3 aromatic carbocycles. The smallest absolute Gasteiger partial charge is 0.433 e. The third-order valence-electron chi connectivity index (χ3n) is 5.18. The van der Waals surface area contributed by atoms with Gasteiger partial charge in [0.2, 0.25) is 0 Å². The van der Waals surface area contributed by atoms with Gasteiger partial charge < -0.3 is 15.6 Å². The molecule has 5 aromatic rings. The summed E-state index contributed by atoms with van der Waals surface area (Å²) in [6.45, 7) is 0. The second-order valence-corrected chi connectivity index (χ2v) is 8.50. The first kappa shape index (κ1) is 27.9. The van der Waals surface area contributed by atoms with Gasteiger partial charge in [0.1, 0.15) is 11.5 Å². The van der Waals surface area contributed by atoms with E-state index in [1.165, 1.54) is 18.2 Å². The van der Waals surface area contributed by atoms with Crippen molar-refractivity contribution in [2.24, 2.45) is 0 Å². The fourth-order valence-corrected chi connectivity index (χ4v) is 3.57. The molecule has 0 radical (unpaired) electrons. The molecule has 3 N–H and O–H groups in total. The zero-order valence-corrected chi connectivity index (χ0v) is 20.8. The monoisotopic (exact) mass is 571 g/mol. The molecule has 14 heteroatoms.